The number of carbonyl (C=O) groups excluding carboxylic acids is 1. The number of hydrogen-bond donors (Lipinski definition) is 2. The average molecular weight is 344 g/mol. The Hall–Kier alpha value is -2.21. The van der Waals surface area contributed by atoms with E-state index >= 15 is 0 Å². The normalized spacial score (nSPS) is 20.5. The topological polar surface area (TPSA) is 79.3 Å². The maximum absolute atomic E-state index is 12.3. The molecule has 0 saturated heterocycles. The van der Waals surface area contributed by atoms with Gasteiger partial charge in [0.15, 0.2) is 0 Å². The van der Waals surface area contributed by atoms with Gasteiger partial charge in [-0.05, 0) is 56.9 Å². The van der Waals surface area contributed by atoms with Gasteiger partial charge in [-0.2, -0.15) is 0 Å². The number of carbonyl (C=O) groups is 2. The molecule has 1 aromatic carbocycles. The number of carboxylic acid groups (broad SMARTS) is 1. The molecule has 0 atom stereocenters. The lowest BCUT2D eigenvalue weighted by atomic mass is 9.81. The van der Waals surface area contributed by atoms with E-state index in [1.54, 1.807) is 11.3 Å². The van der Waals surface area contributed by atoms with Gasteiger partial charge in [0.25, 0.3) is 0 Å². The molecule has 2 aromatic rings. The summed E-state index contributed by atoms with van der Waals surface area (Å²) in [6, 6.07) is 7.67. The van der Waals surface area contributed by atoms with E-state index in [-0.39, 0.29) is 17.7 Å². The molecule has 126 valence electrons. The zero-order valence-electron chi connectivity index (χ0n) is 13.5. The number of thiazole rings is 1. The minimum atomic E-state index is -0.748. The summed E-state index contributed by atoms with van der Waals surface area (Å²) >= 11 is 1.60. The number of rotatable bonds is 4. The van der Waals surface area contributed by atoms with Crippen molar-refractivity contribution in [3.63, 3.8) is 0 Å². The van der Waals surface area contributed by atoms with Gasteiger partial charge in [0.2, 0.25) is 5.91 Å². The number of carboxylic acids is 1. The minimum absolute atomic E-state index is 0.0170. The van der Waals surface area contributed by atoms with Gasteiger partial charge in [-0.1, -0.05) is 0 Å². The standard InChI is InChI=1S/C18H20N2O3S/c1-11-10-24-17(19-11)13-6-8-15(9-7-13)20-16(21)12-2-4-14(5-3-12)18(22)23/h6-10,12,14H,2-5H2,1H3,(H,20,21)(H,22,23). The molecule has 0 spiro atoms. The van der Waals surface area contributed by atoms with Gasteiger partial charge < -0.3 is 10.4 Å². The van der Waals surface area contributed by atoms with Crippen LogP contribution >= 0.6 is 11.3 Å². The number of aliphatic carboxylic acids is 1. The lowest BCUT2D eigenvalue weighted by Gasteiger charge is -2.25. The number of benzene rings is 1. The number of anilines is 1. The maximum atomic E-state index is 12.3. The van der Waals surface area contributed by atoms with Gasteiger partial charge in [0, 0.05) is 28.2 Å². The Labute approximate surface area is 144 Å². The van der Waals surface area contributed by atoms with E-state index in [0.29, 0.717) is 25.7 Å². The van der Waals surface area contributed by atoms with E-state index in [4.69, 9.17) is 5.11 Å². The van der Waals surface area contributed by atoms with Crippen LogP contribution in [-0.4, -0.2) is 22.0 Å². The quantitative estimate of drug-likeness (QED) is 0.880. The van der Waals surface area contributed by atoms with E-state index < -0.39 is 5.97 Å². The highest BCUT2D eigenvalue weighted by Crippen LogP contribution is 2.30. The van der Waals surface area contributed by atoms with E-state index in [1.165, 1.54) is 0 Å². The van der Waals surface area contributed by atoms with Gasteiger partial charge in [-0.3, -0.25) is 9.59 Å². The minimum Gasteiger partial charge on any atom is -0.481 e. The molecule has 1 aromatic heterocycles. The third-order valence-corrected chi connectivity index (χ3v) is 5.47. The molecule has 0 aliphatic heterocycles. The Morgan fingerprint density at radius 3 is 2.29 bits per heavy atom. The van der Waals surface area contributed by atoms with Crippen LogP contribution in [0.15, 0.2) is 29.6 Å². The Bertz CT molecular complexity index is 731. The summed E-state index contributed by atoms with van der Waals surface area (Å²) in [4.78, 5) is 27.8. The van der Waals surface area contributed by atoms with Crippen molar-refractivity contribution in [2.75, 3.05) is 5.32 Å². The molecule has 1 fully saturated rings. The summed E-state index contributed by atoms with van der Waals surface area (Å²) in [7, 11) is 0. The largest absolute Gasteiger partial charge is 0.481 e. The van der Waals surface area contributed by atoms with Gasteiger partial charge in [0.1, 0.15) is 5.01 Å². The maximum Gasteiger partial charge on any atom is 0.306 e. The third-order valence-electron chi connectivity index (χ3n) is 4.47. The number of hydrogen-bond acceptors (Lipinski definition) is 4. The molecule has 6 heteroatoms. The second-order valence-corrected chi connectivity index (χ2v) is 7.11. The second-order valence-electron chi connectivity index (χ2n) is 6.25. The fourth-order valence-corrected chi connectivity index (χ4v) is 3.83. The molecule has 2 N–H and O–H groups in total. The summed E-state index contributed by atoms with van der Waals surface area (Å²) in [5.74, 6) is -1.16. The molecule has 24 heavy (non-hydrogen) atoms. The molecule has 0 unspecified atom stereocenters. The Kier molecular flexibility index (Phi) is 4.94. The average Bonchev–Trinajstić information content (AvgIpc) is 3.02. The number of nitrogens with zero attached hydrogens (tertiary/aromatic N) is 1. The van der Waals surface area contributed by atoms with Crippen LogP contribution in [-0.2, 0) is 9.59 Å². The Morgan fingerprint density at radius 1 is 1.12 bits per heavy atom. The van der Waals surface area contributed by atoms with Crippen molar-refractivity contribution in [3.8, 4) is 10.6 Å². The van der Waals surface area contributed by atoms with Crippen LogP contribution in [0.3, 0.4) is 0 Å². The summed E-state index contributed by atoms with van der Waals surface area (Å²) in [6.07, 6.45) is 2.43. The molecule has 1 aliphatic rings. The predicted molar refractivity (Wildman–Crippen MR) is 94.0 cm³/mol. The zero-order valence-corrected chi connectivity index (χ0v) is 14.3. The van der Waals surface area contributed by atoms with Crippen LogP contribution in [0.1, 0.15) is 31.4 Å². The molecule has 5 nitrogen and oxygen atoms in total. The highest BCUT2D eigenvalue weighted by atomic mass is 32.1. The van der Waals surface area contributed by atoms with Crippen LogP contribution in [0, 0.1) is 18.8 Å². The molecule has 1 heterocycles. The lowest BCUT2D eigenvalue weighted by Crippen LogP contribution is -2.29. The van der Waals surface area contributed by atoms with Gasteiger partial charge in [-0.25, -0.2) is 4.98 Å². The van der Waals surface area contributed by atoms with E-state index in [1.807, 2.05) is 36.6 Å². The smallest absolute Gasteiger partial charge is 0.306 e. The first-order valence-electron chi connectivity index (χ1n) is 8.09. The summed E-state index contributed by atoms with van der Waals surface area (Å²) in [5, 5.41) is 14.9. The molecule has 1 saturated carbocycles. The predicted octanol–water partition coefficient (Wildman–Crippen LogP) is 3.95. The second kappa shape index (κ2) is 7.13. The monoisotopic (exact) mass is 344 g/mol. The first-order valence-corrected chi connectivity index (χ1v) is 8.97. The van der Waals surface area contributed by atoms with Crippen molar-refractivity contribution >= 4 is 28.9 Å². The molecule has 1 aliphatic carbocycles. The third kappa shape index (κ3) is 3.82. The van der Waals surface area contributed by atoms with Crippen LogP contribution < -0.4 is 5.32 Å². The summed E-state index contributed by atoms with van der Waals surface area (Å²) in [6.45, 7) is 1.97. The van der Waals surface area contributed by atoms with Crippen molar-refractivity contribution in [1.29, 1.82) is 0 Å². The van der Waals surface area contributed by atoms with Crippen molar-refractivity contribution in [2.24, 2.45) is 11.8 Å². The number of aromatic nitrogens is 1. The number of aryl methyl sites for hydroxylation is 1. The highest BCUT2D eigenvalue weighted by molar-refractivity contribution is 7.13. The van der Waals surface area contributed by atoms with Crippen LogP contribution in [0.4, 0.5) is 5.69 Å². The summed E-state index contributed by atoms with van der Waals surface area (Å²) < 4.78 is 0. The molecule has 1 amide bonds. The Morgan fingerprint density at radius 2 is 1.75 bits per heavy atom. The molecular formula is C18H20N2O3S. The van der Waals surface area contributed by atoms with Crippen LogP contribution in [0.5, 0.6) is 0 Å². The number of nitrogens with one attached hydrogen (secondary N) is 1. The van der Waals surface area contributed by atoms with Gasteiger partial charge in [-0.15, -0.1) is 11.3 Å². The Balaban J connectivity index is 1.58. The van der Waals surface area contributed by atoms with Crippen molar-refractivity contribution in [1.82, 2.24) is 4.98 Å². The van der Waals surface area contributed by atoms with Crippen molar-refractivity contribution < 1.29 is 14.7 Å². The van der Waals surface area contributed by atoms with Gasteiger partial charge >= 0.3 is 5.97 Å². The molecule has 3 rings (SSSR count). The molecule has 0 radical (unpaired) electrons. The fourth-order valence-electron chi connectivity index (χ4n) is 3.03. The number of amides is 1. The highest BCUT2D eigenvalue weighted by Gasteiger charge is 2.29. The van der Waals surface area contributed by atoms with Crippen LogP contribution in [0.25, 0.3) is 10.6 Å². The van der Waals surface area contributed by atoms with Crippen molar-refractivity contribution in [3.05, 3.63) is 35.3 Å². The fraction of sp³-hybridized carbons (Fsp3) is 0.389. The summed E-state index contributed by atoms with van der Waals surface area (Å²) in [5.41, 5.74) is 2.80. The van der Waals surface area contributed by atoms with Crippen LogP contribution in [0.2, 0.25) is 0 Å². The van der Waals surface area contributed by atoms with E-state index in [2.05, 4.69) is 10.3 Å². The van der Waals surface area contributed by atoms with E-state index in [0.717, 1.165) is 22.0 Å². The lowest BCUT2D eigenvalue weighted by molar-refractivity contribution is -0.143. The first kappa shape index (κ1) is 16.6. The SMILES string of the molecule is Cc1csc(-c2ccc(NC(=O)C3CCC(C(=O)O)CC3)cc2)n1. The van der Waals surface area contributed by atoms with E-state index in [9.17, 15) is 9.59 Å². The molecule has 0 bridgehead atoms. The zero-order chi connectivity index (χ0) is 17.1. The van der Waals surface area contributed by atoms with Crippen molar-refractivity contribution in [2.45, 2.75) is 32.6 Å². The first-order chi connectivity index (χ1) is 11.5. The molecular weight excluding hydrogens is 324 g/mol. The van der Waals surface area contributed by atoms with Gasteiger partial charge in [0.05, 0.1) is 5.92 Å².